The number of hydrogen-bond donors (Lipinski definition) is 1. The van der Waals surface area contributed by atoms with E-state index < -0.39 is 34.4 Å². The predicted octanol–water partition coefficient (Wildman–Crippen LogP) is 5.43. The zero-order chi connectivity index (χ0) is 27.2. The van der Waals surface area contributed by atoms with Crippen LogP contribution in [0, 0.1) is 0 Å². The van der Waals surface area contributed by atoms with Crippen molar-refractivity contribution in [3.05, 3.63) is 69.2 Å². The number of ether oxygens (including phenoxy) is 1. The lowest BCUT2D eigenvalue weighted by Crippen LogP contribution is -2.59. The molecule has 0 spiro atoms. The van der Waals surface area contributed by atoms with Crippen LogP contribution in [0.15, 0.2) is 47.5 Å². The highest BCUT2D eigenvalue weighted by Gasteiger charge is 2.54. The van der Waals surface area contributed by atoms with Crippen LogP contribution < -0.4 is 0 Å². The van der Waals surface area contributed by atoms with Crippen LogP contribution >= 0.6 is 23.4 Å². The molecule has 0 atom stereocenters. The Morgan fingerprint density at radius 2 is 1.92 bits per heavy atom. The van der Waals surface area contributed by atoms with Gasteiger partial charge in [-0.3, -0.25) is 19.2 Å². The first-order valence-corrected chi connectivity index (χ1v) is 12.6. The number of thioether (sulfide) groups is 1. The zero-order valence-electron chi connectivity index (χ0n) is 19.5. The van der Waals surface area contributed by atoms with Gasteiger partial charge in [-0.15, -0.1) is 0 Å². The molecule has 2 amide bonds. The van der Waals surface area contributed by atoms with Crippen molar-refractivity contribution in [3.8, 4) is 0 Å². The molecule has 0 saturated carbocycles. The standard InChI is InChI=1S/C25H19ClF3N3O5S/c26-17-3-2-15(18(11-17)25(27,28)29)13-31-19-4-1-14(9-16(19)12-30-31)10-20-21(33)32(23(36)38-20)24(22(34)35)5-7-37-8-6-24/h1-4,9-12H,5-8,13H2,(H,34,35)/b20-10-. The summed E-state index contributed by atoms with van der Waals surface area (Å²) in [6, 6.07) is 8.55. The number of rotatable bonds is 5. The SMILES string of the molecule is O=C1S/C(=C\c2ccc3c(cnn3Cc3ccc(Cl)cc3C(F)(F)F)c2)C(=O)N1C1(C(=O)O)CCOCC1. The Labute approximate surface area is 223 Å². The van der Waals surface area contributed by atoms with E-state index in [9.17, 15) is 32.7 Å². The minimum Gasteiger partial charge on any atom is -0.479 e. The summed E-state index contributed by atoms with van der Waals surface area (Å²) in [5.41, 5.74) is -1.39. The summed E-state index contributed by atoms with van der Waals surface area (Å²) in [4.78, 5) is 38.8. The summed E-state index contributed by atoms with van der Waals surface area (Å²) in [5, 5.41) is 14.0. The Balaban J connectivity index is 1.42. The molecule has 1 aromatic heterocycles. The topological polar surface area (TPSA) is 102 Å². The van der Waals surface area contributed by atoms with Crippen LogP contribution in [0.4, 0.5) is 18.0 Å². The first-order chi connectivity index (χ1) is 18.0. The number of carboxylic acid groups (broad SMARTS) is 1. The second-order valence-electron chi connectivity index (χ2n) is 8.89. The van der Waals surface area contributed by atoms with Gasteiger partial charge in [-0.1, -0.05) is 23.7 Å². The maximum absolute atomic E-state index is 13.5. The highest BCUT2D eigenvalue weighted by atomic mass is 35.5. The van der Waals surface area contributed by atoms with Gasteiger partial charge < -0.3 is 9.84 Å². The molecule has 0 unspecified atom stereocenters. The average molecular weight is 566 g/mol. The molecule has 2 aliphatic rings. The van der Waals surface area contributed by atoms with Gasteiger partial charge in [-0.25, -0.2) is 4.79 Å². The molecule has 13 heteroatoms. The van der Waals surface area contributed by atoms with E-state index in [-0.39, 0.29) is 48.1 Å². The highest BCUT2D eigenvalue weighted by molar-refractivity contribution is 8.18. The van der Waals surface area contributed by atoms with Gasteiger partial charge in [0, 0.05) is 36.5 Å². The molecular formula is C25H19ClF3N3O5S. The van der Waals surface area contributed by atoms with Gasteiger partial charge in [-0.05, 0) is 53.2 Å². The first-order valence-electron chi connectivity index (χ1n) is 11.4. The molecule has 38 heavy (non-hydrogen) atoms. The number of carbonyl (C=O) groups is 3. The fraction of sp³-hybridized carbons (Fsp3) is 0.280. The van der Waals surface area contributed by atoms with Crippen LogP contribution in [-0.2, 0) is 27.0 Å². The summed E-state index contributed by atoms with van der Waals surface area (Å²) < 4.78 is 47.2. The number of fused-ring (bicyclic) bond motifs is 1. The summed E-state index contributed by atoms with van der Waals surface area (Å²) in [5.74, 6) is -1.95. The molecule has 2 aromatic carbocycles. The van der Waals surface area contributed by atoms with Crippen LogP contribution in [0.5, 0.6) is 0 Å². The average Bonchev–Trinajstić information content (AvgIpc) is 3.39. The van der Waals surface area contributed by atoms with Crippen molar-refractivity contribution < 1.29 is 37.4 Å². The number of aromatic nitrogens is 2. The van der Waals surface area contributed by atoms with Gasteiger partial charge in [0.1, 0.15) is 0 Å². The van der Waals surface area contributed by atoms with E-state index in [0.717, 1.165) is 11.0 Å². The minimum absolute atomic E-state index is 0.00245. The monoisotopic (exact) mass is 565 g/mol. The second kappa shape index (κ2) is 9.75. The molecule has 3 aromatic rings. The van der Waals surface area contributed by atoms with Gasteiger partial charge in [0.2, 0.25) is 0 Å². The van der Waals surface area contributed by atoms with E-state index in [1.807, 2.05) is 0 Å². The van der Waals surface area contributed by atoms with Crippen molar-refractivity contribution in [1.82, 2.24) is 14.7 Å². The third-order valence-corrected chi connectivity index (χ3v) is 7.71. The Hall–Kier alpha value is -3.35. The van der Waals surface area contributed by atoms with Gasteiger partial charge in [0.15, 0.2) is 5.54 Å². The van der Waals surface area contributed by atoms with Crippen molar-refractivity contribution in [2.24, 2.45) is 0 Å². The molecule has 198 valence electrons. The van der Waals surface area contributed by atoms with Gasteiger partial charge in [0.05, 0.1) is 28.7 Å². The molecule has 2 saturated heterocycles. The van der Waals surface area contributed by atoms with E-state index in [4.69, 9.17) is 16.3 Å². The fourth-order valence-corrected chi connectivity index (χ4v) is 5.75. The molecule has 8 nitrogen and oxygen atoms in total. The Bertz CT molecular complexity index is 1500. The quantitative estimate of drug-likeness (QED) is 0.412. The third kappa shape index (κ3) is 4.67. The van der Waals surface area contributed by atoms with E-state index >= 15 is 0 Å². The Morgan fingerprint density at radius 3 is 2.61 bits per heavy atom. The molecule has 0 aliphatic carbocycles. The highest BCUT2D eigenvalue weighted by Crippen LogP contribution is 2.41. The lowest BCUT2D eigenvalue weighted by molar-refractivity contribution is -0.159. The van der Waals surface area contributed by atoms with E-state index in [1.54, 1.807) is 18.2 Å². The van der Waals surface area contributed by atoms with Crippen LogP contribution in [0.3, 0.4) is 0 Å². The molecule has 0 radical (unpaired) electrons. The lowest BCUT2D eigenvalue weighted by atomic mass is 9.88. The summed E-state index contributed by atoms with van der Waals surface area (Å²) in [7, 11) is 0. The molecule has 5 rings (SSSR count). The number of imide groups is 1. The van der Waals surface area contributed by atoms with Crippen LogP contribution in [0.2, 0.25) is 5.02 Å². The second-order valence-corrected chi connectivity index (χ2v) is 10.3. The number of carbonyl (C=O) groups excluding carboxylic acids is 2. The van der Waals surface area contributed by atoms with Crippen LogP contribution in [0.1, 0.15) is 29.5 Å². The fourth-order valence-electron chi connectivity index (χ4n) is 4.66. The van der Waals surface area contributed by atoms with E-state index in [1.165, 1.54) is 29.1 Å². The summed E-state index contributed by atoms with van der Waals surface area (Å²) in [6.07, 6.45) is -1.60. The predicted molar refractivity (Wildman–Crippen MR) is 134 cm³/mol. The summed E-state index contributed by atoms with van der Waals surface area (Å²) >= 11 is 6.43. The largest absolute Gasteiger partial charge is 0.479 e. The first kappa shape index (κ1) is 26.3. The van der Waals surface area contributed by atoms with Crippen LogP contribution in [-0.4, -0.2) is 55.7 Å². The number of benzene rings is 2. The molecular weight excluding hydrogens is 547 g/mol. The molecule has 2 aliphatic heterocycles. The number of aliphatic carboxylic acids is 1. The van der Waals surface area contributed by atoms with Crippen molar-refractivity contribution >= 4 is 57.5 Å². The summed E-state index contributed by atoms with van der Waals surface area (Å²) in [6.45, 7) is 0.0944. The molecule has 3 heterocycles. The van der Waals surface area contributed by atoms with Crippen LogP contribution in [0.25, 0.3) is 17.0 Å². The number of amides is 2. The number of hydrogen-bond acceptors (Lipinski definition) is 6. The van der Waals surface area contributed by atoms with Gasteiger partial charge >= 0.3 is 12.1 Å². The van der Waals surface area contributed by atoms with Gasteiger partial charge in [-0.2, -0.15) is 18.3 Å². The lowest BCUT2D eigenvalue weighted by Gasteiger charge is -2.38. The third-order valence-electron chi connectivity index (χ3n) is 6.60. The number of halogens is 4. The molecule has 0 bridgehead atoms. The van der Waals surface area contributed by atoms with E-state index in [2.05, 4.69) is 5.10 Å². The van der Waals surface area contributed by atoms with Crippen molar-refractivity contribution in [3.63, 3.8) is 0 Å². The van der Waals surface area contributed by atoms with Gasteiger partial charge in [0.25, 0.3) is 11.1 Å². The van der Waals surface area contributed by atoms with Crippen molar-refractivity contribution in [2.45, 2.75) is 31.1 Å². The molecule has 2 fully saturated rings. The zero-order valence-corrected chi connectivity index (χ0v) is 21.1. The number of nitrogens with zero attached hydrogens (tertiary/aromatic N) is 3. The maximum Gasteiger partial charge on any atom is 0.416 e. The number of carboxylic acids is 1. The van der Waals surface area contributed by atoms with Crippen molar-refractivity contribution in [1.29, 1.82) is 0 Å². The molecule has 1 N–H and O–H groups in total. The Kier molecular flexibility index (Phi) is 6.74. The smallest absolute Gasteiger partial charge is 0.416 e. The van der Waals surface area contributed by atoms with Crippen molar-refractivity contribution in [2.75, 3.05) is 13.2 Å². The van der Waals surface area contributed by atoms with E-state index in [0.29, 0.717) is 28.2 Å². The Morgan fingerprint density at radius 1 is 1.18 bits per heavy atom. The normalized spacial score (nSPS) is 19.1. The minimum atomic E-state index is -4.58. The maximum atomic E-state index is 13.5. The number of alkyl halides is 3.